The van der Waals surface area contributed by atoms with Gasteiger partial charge in [-0.25, -0.2) is 0 Å². The van der Waals surface area contributed by atoms with Gasteiger partial charge in [-0.05, 0) is 0 Å². The third kappa shape index (κ3) is 3.23. The summed E-state index contributed by atoms with van der Waals surface area (Å²) in [6.07, 6.45) is 5.59. The molecule has 0 aliphatic heterocycles. The molecule has 0 unspecified atom stereocenters. The first-order chi connectivity index (χ1) is 7.38. The molecule has 0 saturated carbocycles. The van der Waals surface area contributed by atoms with Gasteiger partial charge in [0.05, 0.1) is 0 Å². The third-order valence-corrected chi connectivity index (χ3v) is 4.35. The van der Waals surface area contributed by atoms with Crippen LogP contribution in [0.25, 0.3) is 0 Å². The van der Waals surface area contributed by atoms with Crippen LogP contribution in [0.15, 0.2) is 24.5 Å². The molecule has 0 spiro atoms. The van der Waals surface area contributed by atoms with Gasteiger partial charge in [0, 0.05) is 0 Å². The first kappa shape index (κ1) is 11.0. The molecule has 0 aromatic carbocycles. The summed E-state index contributed by atoms with van der Waals surface area (Å²) in [7, 11) is 0. The van der Waals surface area contributed by atoms with E-state index in [-0.39, 0.29) is 0 Å². The molecular weight excluding hydrogens is 321 g/mol. The molecule has 0 atom stereocenters. The number of hydrogen-bond acceptors (Lipinski definition) is 3. The van der Waals surface area contributed by atoms with Gasteiger partial charge in [0.25, 0.3) is 0 Å². The fourth-order valence-electron chi connectivity index (χ4n) is 1.22. The van der Waals surface area contributed by atoms with E-state index >= 15 is 0 Å². The Hall–Kier alpha value is -0.511. The van der Waals surface area contributed by atoms with Gasteiger partial charge in [0.15, 0.2) is 0 Å². The number of hydrogen-bond donors (Lipinski definition) is 0. The Morgan fingerprint density at radius 3 is 2.87 bits per heavy atom. The predicted octanol–water partition coefficient (Wildman–Crippen LogP) is 1.46. The van der Waals surface area contributed by atoms with Gasteiger partial charge in [-0.1, -0.05) is 0 Å². The minimum atomic E-state index is 0.351. The van der Waals surface area contributed by atoms with Crippen molar-refractivity contribution in [1.29, 1.82) is 0 Å². The molecule has 0 saturated heterocycles. The molecule has 3 nitrogen and oxygen atoms in total. The number of rotatable bonds is 4. The summed E-state index contributed by atoms with van der Waals surface area (Å²) in [5.41, 5.74) is 1.22. The van der Waals surface area contributed by atoms with Crippen LogP contribution in [0.2, 0.25) is 0 Å². The van der Waals surface area contributed by atoms with Crippen LogP contribution in [0.3, 0.4) is 0 Å². The van der Waals surface area contributed by atoms with E-state index in [2.05, 4.69) is 37.2 Å². The van der Waals surface area contributed by atoms with Crippen LogP contribution in [0, 0.1) is 0 Å². The molecule has 2 aromatic heterocycles. The van der Waals surface area contributed by atoms with Crippen molar-refractivity contribution in [2.45, 2.75) is 12.8 Å². The van der Waals surface area contributed by atoms with Gasteiger partial charge in [-0.15, -0.1) is 0 Å². The van der Waals surface area contributed by atoms with Crippen molar-refractivity contribution in [3.8, 4) is 0 Å². The summed E-state index contributed by atoms with van der Waals surface area (Å²) in [4.78, 5) is 4.09. The quantitative estimate of drug-likeness (QED) is 0.629. The van der Waals surface area contributed by atoms with Crippen molar-refractivity contribution in [3.05, 3.63) is 39.2 Å². The van der Waals surface area contributed by atoms with Gasteiger partial charge in [0.1, 0.15) is 0 Å². The van der Waals surface area contributed by atoms with E-state index < -0.39 is 0 Å². The zero-order valence-corrected chi connectivity index (χ0v) is 11.4. The first-order valence-corrected chi connectivity index (χ1v) is 7.48. The normalized spacial score (nSPS) is 10.5. The standard InChI is InChI=1S/C10H10BrN3Se/c11-4-3-9-13-14-10(15-9)6-8-2-1-5-12-7-8/h1-2,5,7H,3-4,6H2. The molecule has 0 bridgehead atoms. The zero-order chi connectivity index (χ0) is 10.5. The average molecular weight is 331 g/mol. The van der Waals surface area contributed by atoms with Crippen molar-refractivity contribution in [3.63, 3.8) is 0 Å². The molecule has 0 radical (unpaired) electrons. The van der Waals surface area contributed by atoms with Crippen LogP contribution >= 0.6 is 15.9 Å². The zero-order valence-electron chi connectivity index (χ0n) is 8.06. The van der Waals surface area contributed by atoms with Crippen LogP contribution < -0.4 is 0 Å². The van der Waals surface area contributed by atoms with E-state index in [4.69, 9.17) is 0 Å². The average Bonchev–Trinajstić information content (AvgIpc) is 2.68. The summed E-state index contributed by atoms with van der Waals surface area (Å²) in [5.74, 6) is 0. The van der Waals surface area contributed by atoms with Crippen molar-refractivity contribution in [1.82, 2.24) is 15.2 Å². The van der Waals surface area contributed by atoms with Crippen LogP contribution in [-0.2, 0) is 12.8 Å². The Labute approximate surface area is 103 Å². The summed E-state index contributed by atoms with van der Waals surface area (Å²) >= 11 is 3.77. The predicted molar refractivity (Wildman–Crippen MR) is 63.5 cm³/mol. The van der Waals surface area contributed by atoms with Crippen LogP contribution in [0.5, 0.6) is 0 Å². The fourth-order valence-corrected chi connectivity index (χ4v) is 4.03. The summed E-state index contributed by atoms with van der Waals surface area (Å²) in [5, 5.41) is 9.38. The number of aryl methyl sites for hydroxylation is 1. The third-order valence-electron chi connectivity index (χ3n) is 1.90. The van der Waals surface area contributed by atoms with Crippen molar-refractivity contribution >= 4 is 30.4 Å². The fraction of sp³-hybridized carbons (Fsp3) is 0.300. The second-order valence-corrected chi connectivity index (χ2v) is 6.27. The Morgan fingerprint density at radius 2 is 2.13 bits per heavy atom. The topological polar surface area (TPSA) is 38.7 Å². The molecule has 2 rings (SSSR count). The number of aromatic nitrogens is 3. The van der Waals surface area contributed by atoms with Gasteiger partial charge in [0.2, 0.25) is 0 Å². The van der Waals surface area contributed by atoms with Crippen LogP contribution in [-0.4, -0.2) is 35.0 Å². The van der Waals surface area contributed by atoms with E-state index in [9.17, 15) is 0 Å². The molecule has 5 heteroatoms. The van der Waals surface area contributed by atoms with Gasteiger partial charge < -0.3 is 0 Å². The van der Waals surface area contributed by atoms with Gasteiger partial charge in [-0.2, -0.15) is 0 Å². The molecule has 78 valence electrons. The van der Waals surface area contributed by atoms with Gasteiger partial charge >= 0.3 is 103 Å². The summed E-state index contributed by atoms with van der Waals surface area (Å²) in [6, 6.07) is 4.03. The summed E-state index contributed by atoms with van der Waals surface area (Å²) in [6.45, 7) is 0. The summed E-state index contributed by atoms with van der Waals surface area (Å²) < 4.78 is 2.43. The van der Waals surface area contributed by atoms with Crippen molar-refractivity contribution < 1.29 is 0 Å². The molecule has 2 heterocycles. The molecule has 0 aliphatic rings. The Morgan fingerprint density at radius 1 is 1.27 bits per heavy atom. The molecular formula is C10H10BrN3Se. The minimum absolute atomic E-state index is 0.351. The monoisotopic (exact) mass is 331 g/mol. The van der Waals surface area contributed by atoms with E-state index in [0.717, 1.165) is 18.2 Å². The van der Waals surface area contributed by atoms with E-state index in [1.165, 1.54) is 14.7 Å². The Kier molecular flexibility index (Phi) is 4.06. The molecule has 0 fully saturated rings. The molecule has 0 N–H and O–H groups in total. The second-order valence-electron chi connectivity index (χ2n) is 3.07. The van der Waals surface area contributed by atoms with Crippen molar-refractivity contribution in [2.24, 2.45) is 0 Å². The van der Waals surface area contributed by atoms with Crippen molar-refractivity contribution in [2.75, 3.05) is 5.33 Å². The van der Waals surface area contributed by atoms with Crippen LogP contribution in [0.4, 0.5) is 0 Å². The Bertz CT molecular complexity index is 416. The molecule has 15 heavy (non-hydrogen) atoms. The van der Waals surface area contributed by atoms with Crippen LogP contribution in [0.1, 0.15) is 14.7 Å². The van der Waals surface area contributed by atoms with E-state index in [1.807, 2.05) is 12.3 Å². The number of pyridine rings is 1. The molecule has 0 aliphatic carbocycles. The number of alkyl halides is 1. The SMILES string of the molecule is BrCCc1nnc(Cc2cccnc2)[se]1. The van der Waals surface area contributed by atoms with E-state index in [0.29, 0.717) is 14.5 Å². The molecule has 2 aromatic rings. The maximum atomic E-state index is 4.21. The second kappa shape index (κ2) is 5.54. The molecule has 0 amide bonds. The van der Waals surface area contributed by atoms with E-state index in [1.54, 1.807) is 6.20 Å². The first-order valence-electron chi connectivity index (χ1n) is 4.64. The number of halogens is 1. The number of nitrogens with zero attached hydrogens (tertiary/aromatic N) is 3. The van der Waals surface area contributed by atoms with Gasteiger partial charge in [-0.3, -0.25) is 0 Å². The maximum absolute atomic E-state index is 4.21. The Balaban J connectivity index is 2.05.